The van der Waals surface area contributed by atoms with Crippen LogP contribution in [-0.4, -0.2) is 31.2 Å². The number of benzene rings is 1. The second kappa shape index (κ2) is 5.61. The van der Waals surface area contributed by atoms with Crippen molar-refractivity contribution in [3.8, 4) is 0 Å². The number of hydrogen-bond donors (Lipinski definition) is 1. The van der Waals surface area contributed by atoms with E-state index in [1.807, 2.05) is 24.1 Å². The van der Waals surface area contributed by atoms with E-state index in [9.17, 15) is 4.79 Å². The number of likely N-dealkylation sites (N-methyl/N-ethyl adjacent to an activating group) is 1. The molecule has 2 amide bonds. The molecule has 2 heterocycles. The Balaban J connectivity index is 1.82. The molecule has 0 radical (unpaired) electrons. The van der Waals surface area contributed by atoms with Crippen LogP contribution in [-0.2, 0) is 0 Å². The van der Waals surface area contributed by atoms with Crippen LogP contribution in [0.4, 0.5) is 22.0 Å². The number of hydrogen-bond acceptors (Lipinski definition) is 3. The second-order valence-electron chi connectivity index (χ2n) is 4.86. The lowest BCUT2D eigenvalue weighted by atomic mass is 10.2. The summed E-state index contributed by atoms with van der Waals surface area (Å²) in [7, 11) is 1.97. The zero-order valence-corrected chi connectivity index (χ0v) is 12.3. The molecular formula is C15H15ClN4O. The van der Waals surface area contributed by atoms with Crippen LogP contribution < -0.4 is 15.1 Å². The summed E-state index contributed by atoms with van der Waals surface area (Å²) >= 11 is 5.84. The van der Waals surface area contributed by atoms with Crippen molar-refractivity contribution in [3.05, 3.63) is 47.6 Å². The standard InChI is InChI=1S/C15H15ClN4O/c1-19-9-10-20(13-3-2-8-17-14(13)19)15(21)18-12-6-4-11(16)5-7-12/h2-8H,9-10H2,1H3,(H,18,21). The van der Waals surface area contributed by atoms with Gasteiger partial charge in [-0.1, -0.05) is 11.6 Å². The fraction of sp³-hybridized carbons (Fsp3) is 0.200. The molecular weight excluding hydrogens is 288 g/mol. The first-order valence-electron chi connectivity index (χ1n) is 6.65. The topological polar surface area (TPSA) is 48.5 Å². The first-order chi connectivity index (χ1) is 10.1. The molecule has 1 N–H and O–H groups in total. The molecule has 1 aromatic carbocycles. The Morgan fingerprint density at radius 1 is 1.24 bits per heavy atom. The number of carbonyl (C=O) groups excluding carboxylic acids is 1. The number of halogens is 1. The van der Waals surface area contributed by atoms with Gasteiger partial charge in [0.15, 0.2) is 5.82 Å². The first-order valence-corrected chi connectivity index (χ1v) is 7.03. The van der Waals surface area contributed by atoms with E-state index in [1.165, 1.54) is 0 Å². The summed E-state index contributed by atoms with van der Waals surface area (Å²) < 4.78 is 0. The molecule has 0 bridgehead atoms. The number of amides is 2. The van der Waals surface area contributed by atoms with E-state index in [1.54, 1.807) is 35.4 Å². The maximum atomic E-state index is 12.5. The Kier molecular flexibility index (Phi) is 3.66. The predicted octanol–water partition coefficient (Wildman–Crippen LogP) is 3.22. The van der Waals surface area contributed by atoms with Gasteiger partial charge in [0, 0.05) is 37.0 Å². The van der Waals surface area contributed by atoms with E-state index in [-0.39, 0.29) is 6.03 Å². The number of anilines is 3. The lowest BCUT2D eigenvalue weighted by Gasteiger charge is -2.34. The van der Waals surface area contributed by atoms with Gasteiger partial charge in [0.25, 0.3) is 0 Å². The number of nitrogens with one attached hydrogen (secondary N) is 1. The molecule has 21 heavy (non-hydrogen) atoms. The molecule has 0 saturated carbocycles. The third kappa shape index (κ3) is 2.78. The van der Waals surface area contributed by atoms with Crippen LogP contribution in [0, 0.1) is 0 Å². The molecule has 1 aromatic heterocycles. The maximum absolute atomic E-state index is 12.5. The molecule has 6 heteroatoms. The Bertz CT molecular complexity index is 659. The highest BCUT2D eigenvalue weighted by atomic mass is 35.5. The Morgan fingerprint density at radius 3 is 2.76 bits per heavy atom. The summed E-state index contributed by atoms with van der Waals surface area (Å²) in [6, 6.07) is 10.6. The highest BCUT2D eigenvalue weighted by Gasteiger charge is 2.25. The van der Waals surface area contributed by atoms with E-state index in [2.05, 4.69) is 10.3 Å². The summed E-state index contributed by atoms with van der Waals surface area (Å²) in [6.07, 6.45) is 1.73. The highest BCUT2D eigenvalue weighted by Crippen LogP contribution is 2.29. The third-order valence-electron chi connectivity index (χ3n) is 3.42. The van der Waals surface area contributed by atoms with Crippen LogP contribution in [0.1, 0.15) is 0 Å². The lowest BCUT2D eigenvalue weighted by Crippen LogP contribution is -2.45. The van der Waals surface area contributed by atoms with Crippen molar-refractivity contribution in [3.63, 3.8) is 0 Å². The minimum atomic E-state index is -0.167. The van der Waals surface area contributed by atoms with E-state index < -0.39 is 0 Å². The fourth-order valence-electron chi connectivity index (χ4n) is 2.30. The van der Waals surface area contributed by atoms with Gasteiger partial charge < -0.3 is 10.2 Å². The molecule has 108 valence electrons. The van der Waals surface area contributed by atoms with Crippen molar-refractivity contribution < 1.29 is 4.79 Å². The van der Waals surface area contributed by atoms with Gasteiger partial charge in [-0.2, -0.15) is 0 Å². The van der Waals surface area contributed by atoms with Crippen molar-refractivity contribution >= 4 is 34.8 Å². The molecule has 1 aliphatic heterocycles. The van der Waals surface area contributed by atoms with E-state index in [4.69, 9.17) is 11.6 Å². The van der Waals surface area contributed by atoms with Crippen molar-refractivity contribution in [1.29, 1.82) is 0 Å². The number of aromatic nitrogens is 1. The molecule has 3 rings (SSSR count). The quantitative estimate of drug-likeness (QED) is 0.880. The molecule has 0 spiro atoms. The van der Waals surface area contributed by atoms with Crippen LogP contribution in [0.3, 0.4) is 0 Å². The van der Waals surface area contributed by atoms with Crippen molar-refractivity contribution in [2.75, 3.05) is 35.3 Å². The Morgan fingerprint density at radius 2 is 2.00 bits per heavy atom. The molecule has 1 aliphatic rings. The fourth-order valence-corrected chi connectivity index (χ4v) is 2.43. The zero-order chi connectivity index (χ0) is 14.8. The van der Waals surface area contributed by atoms with Crippen LogP contribution >= 0.6 is 11.6 Å². The van der Waals surface area contributed by atoms with Gasteiger partial charge in [-0.25, -0.2) is 9.78 Å². The largest absolute Gasteiger partial charge is 0.356 e. The Labute approximate surface area is 128 Å². The minimum Gasteiger partial charge on any atom is -0.356 e. The highest BCUT2D eigenvalue weighted by molar-refractivity contribution is 6.30. The minimum absolute atomic E-state index is 0.167. The van der Waals surface area contributed by atoms with Gasteiger partial charge >= 0.3 is 6.03 Å². The maximum Gasteiger partial charge on any atom is 0.326 e. The summed E-state index contributed by atoms with van der Waals surface area (Å²) in [4.78, 5) is 20.5. The summed E-state index contributed by atoms with van der Waals surface area (Å²) in [5.74, 6) is 0.815. The SMILES string of the molecule is CN1CCN(C(=O)Nc2ccc(Cl)cc2)c2cccnc21. The number of nitrogens with zero attached hydrogens (tertiary/aromatic N) is 3. The summed E-state index contributed by atoms with van der Waals surface area (Å²) in [5.41, 5.74) is 1.53. The van der Waals surface area contributed by atoms with Gasteiger partial charge in [-0.05, 0) is 36.4 Å². The van der Waals surface area contributed by atoms with Gasteiger partial charge in [0.2, 0.25) is 0 Å². The normalized spacial score (nSPS) is 13.8. The van der Waals surface area contributed by atoms with E-state index in [0.29, 0.717) is 17.3 Å². The van der Waals surface area contributed by atoms with E-state index in [0.717, 1.165) is 18.1 Å². The van der Waals surface area contributed by atoms with Crippen molar-refractivity contribution in [2.45, 2.75) is 0 Å². The zero-order valence-electron chi connectivity index (χ0n) is 11.6. The van der Waals surface area contributed by atoms with Gasteiger partial charge in [-0.3, -0.25) is 4.90 Å². The van der Waals surface area contributed by atoms with Crippen LogP contribution in [0.15, 0.2) is 42.6 Å². The monoisotopic (exact) mass is 302 g/mol. The Hall–Kier alpha value is -2.27. The van der Waals surface area contributed by atoms with Gasteiger partial charge in [-0.15, -0.1) is 0 Å². The average Bonchev–Trinajstić information content (AvgIpc) is 2.50. The number of carbonyl (C=O) groups is 1. The number of rotatable bonds is 1. The molecule has 0 saturated heterocycles. The predicted molar refractivity (Wildman–Crippen MR) is 85.3 cm³/mol. The van der Waals surface area contributed by atoms with Crippen molar-refractivity contribution in [2.24, 2.45) is 0 Å². The van der Waals surface area contributed by atoms with Crippen LogP contribution in [0.5, 0.6) is 0 Å². The third-order valence-corrected chi connectivity index (χ3v) is 3.67. The number of urea groups is 1. The molecule has 0 aliphatic carbocycles. The van der Waals surface area contributed by atoms with Crippen LogP contribution in [0.25, 0.3) is 0 Å². The van der Waals surface area contributed by atoms with Gasteiger partial charge in [0.1, 0.15) is 0 Å². The summed E-state index contributed by atoms with van der Waals surface area (Å²) in [6.45, 7) is 1.37. The van der Waals surface area contributed by atoms with Crippen molar-refractivity contribution in [1.82, 2.24) is 4.98 Å². The molecule has 0 fully saturated rings. The summed E-state index contributed by atoms with van der Waals surface area (Å²) in [5, 5.41) is 3.52. The number of fused-ring (bicyclic) bond motifs is 1. The lowest BCUT2D eigenvalue weighted by molar-refractivity contribution is 0.257. The van der Waals surface area contributed by atoms with Gasteiger partial charge in [0.05, 0.1) is 5.69 Å². The first kappa shape index (κ1) is 13.7. The van der Waals surface area contributed by atoms with E-state index >= 15 is 0 Å². The smallest absolute Gasteiger partial charge is 0.326 e. The molecule has 0 atom stereocenters. The van der Waals surface area contributed by atoms with Crippen LogP contribution in [0.2, 0.25) is 5.02 Å². The number of pyridine rings is 1. The molecule has 0 unspecified atom stereocenters. The average molecular weight is 303 g/mol. The molecule has 2 aromatic rings. The second-order valence-corrected chi connectivity index (χ2v) is 5.29. The molecule has 5 nitrogen and oxygen atoms in total.